The summed E-state index contributed by atoms with van der Waals surface area (Å²) >= 11 is -3.26. The molecule has 1 atom stereocenters. The zero-order chi connectivity index (χ0) is 14.2. The lowest BCUT2D eigenvalue weighted by Crippen LogP contribution is -2.55. The first-order valence-electron chi connectivity index (χ1n) is 4.48. The van der Waals surface area contributed by atoms with E-state index in [9.17, 15) is 30.7 Å². The minimum Gasteiger partial charge on any atom is -0.772 e. The third-order valence-electron chi connectivity index (χ3n) is 2.67. The van der Waals surface area contributed by atoms with Gasteiger partial charge in [0.2, 0.25) is 0 Å². The molecule has 17 heavy (non-hydrogen) atoms. The van der Waals surface area contributed by atoms with Gasteiger partial charge in [-0.1, -0.05) is 0 Å². The van der Waals surface area contributed by atoms with Crippen LogP contribution in [-0.2, 0) is 11.1 Å². The summed E-state index contributed by atoms with van der Waals surface area (Å²) in [6.45, 7) is 2.33. The molecule has 0 saturated carbocycles. The molecule has 0 saturated heterocycles. The maximum Gasteiger partial charge on any atom is 0.302 e. The van der Waals surface area contributed by atoms with Crippen molar-refractivity contribution in [3.63, 3.8) is 0 Å². The molecule has 2 nitrogen and oxygen atoms in total. The number of halogens is 5. The monoisotopic (exact) mass is 279 g/mol. The highest BCUT2D eigenvalue weighted by Crippen LogP contribution is 2.51. The molecule has 0 aromatic carbocycles. The minimum absolute atomic E-state index is 0.524. The summed E-state index contributed by atoms with van der Waals surface area (Å²) in [5.74, 6) is -6.53. The van der Waals surface area contributed by atoms with E-state index in [4.69, 9.17) is 0 Å². The van der Waals surface area contributed by atoms with Crippen LogP contribution in [0.3, 0.4) is 0 Å². The van der Waals surface area contributed by atoms with Crippen LogP contribution in [0.15, 0.2) is 11.9 Å². The standard InChI is InChI=1S/C9H13F5O2S/c1-7(2,5(10)6(11)12)9(13,14)8(3,4)17(15)16/h1-4H3,(H,15,16)/p-1. The summed E-state index contributed by atoms with van der Waals surface area (Å²) in [7, 11) is 0. The van der Waals surface area contributed by atoms with Crippen molar-refractivity contribution in [2.75, 3.05) is 0 Å². The van der Waals surface area contributed by atoms with Crippen LogP contribution in [0.1, 0.15) is 27.7 Å². The molecule has 8 heteroatoms. The van der Waals surface area contributed by atoms with E-state index in [2.05, 4.69) is 0 Å². The van der Waals surface area contributed by atoms with Crippen LogP contribution in [-0.4, -0.2) is 19.4 Å². The normalized spacial score (nSPS) is 15.6. The van der Waals surface area contributed by atoms with Gasteiger partial charge in [0, 0.05) is 0 Å². The van der Waals surface area contributed by atoms with Crippen LogP contribution in [0.2, 0.25) is 0 Å². The van der Waals surface area contributed by atoms with Gasteiger partial charge in [-0.2, -0.15) is 8.78 Å². The predicted octanol–water partition coefficient (Wildman–Crippen LogP) is 3.38. The summed E-state index contributed by atoms with van der Waals surface area (Å²) in [6.07, 6.45) is -2.89. The molecule has 0 aliphatic carbocycles. The van der Waals surface area contributed by atoms with E-state index in [1.165, 1.54) is 0 Å². The first-order chi connectivity index (χ1) is 7.30. The number of alkyl halides is 2. The van der Waals surface area contributed by atoms with Crippen molar-refractivity contribution < 1.29 is 30.7 Å². The van der Waals surface area contributed by atoms with E-state index in [1.54, 1.807) is 0 Å². The van der Waals surface area contributed by atoms with E-state index in [-0.39, 0.29) is 0 Å². The Kier molecular flexibility index (Phi) is 4.50. The van der Waals surface area contributed by atoms with E-state index in [1.807, 2.05) is 0 Å². The Bertz CT molecular complexity index is 358. The summed E-state index contributed by atoms with van der Waals surface area (Å²) in [4.78, 5) is 0. The lowest BCUT2D eigenvalue weighted by molar-refractivity contribution is -0.122. The molecular weight excluding hydrogens is 267 g/mol. The Morgan fingerprint density at radius 1 is 1.06 bits per heavy atom. The Hall–Kier alpha value is -0.500. The maximum atomic E-state index is 13.8. The van der Waals surface area contributed by atoms with Crippen molar-refractivity contribution in [3.8, 4) is 0 Å². The first-order valence-corrected chi connectivity index (χ1v) is 5.56. The predicted molar refractivity (Wildman–Crippen MR) is 52.1 cm³/mol. The number of hydrogen-bond donors (Lipinski definition) is 0. The van der Waals surface area contributed by atoms with Crippen molar-refractivity contribution in [2.45, 2.75) is 38.4 Å². The van der Waals surface area contributed by atoms with Crippen LogP contribution in [0.25, 0.3) is 0 Å². The number of allylic oxidation sites excluding steroid dienone is 1. The summed E-state index contributed by atoms with van der Waals surface area (Å²) < 4.78 is 83.6. The van der Waals surface area contributed by atoms with Crippen molar-refractivity contribution >= 4 is 11.1 Å². The molecule has 0 amide bonds. The molecule has 0 spiro atoms. The smallest absolute Gasteiger partial charge is 0.302 e. The second-order valence-electron chi connectivity index (χ2n) is 4.52. The Labute approximate surface area is 98.2 Å². The van der Waals surface area contributed by atoms with Crippen LogP contribution in [0.5, 0.6) is 0 Å². The second-order valence-corrected chi connectivity index (χ2v) is 6.01. The quantitative estimate of drug-likeness (QED) is 0.584. The average Bonchev–Trinajstić information content (AvgIpc) is 2.15. The molecular formula is C9H12F5O2S-. The van der Waals surface area contributed by atoms with Gasteiger partial charge in [-0.3, -0.25) is 4.21 Å². The van der Waals surface area contributed by atoms with Gasteiger partial charge in [0.15, 0.2) is 5.83 Å². The van der Waals surface area contributed by atoms with Gasteiger partial charge in [0.05, 0.1) is 10.2 Å². The molecule has 0 aromatic rings. The molecule has 0 aliphatic heterocycles. The Morgan fingerprint density at radius 2 is 1.41 bits per heavy atom. The first kappa shape index (κ1) is 16.5. The fourth-order valence-electron chi connectivity index (χ4n) is 1.23. The highest BCUT2D eigenvalue weighted by atomic mass is 32.2. The van der Waals surface area contributed by atoms with Gasteiger partial charge in [0.1, 0.15) is 0 Å². The maximum absolute atomic E-state index is 13.8. The topological polar surface area (TPSA) is 40.1 Å². The van der Waals surface area contributed by atoms with E-state index >= 15 is 0 Å². The summed E-state index contributed by atoms with van der Waals surface area (Å²) in [5, 5.41) is 0. The fraction of sp³-hybridized carbons (Fsp3) is 0.778. The average molecular weight is 279 g/mol. The lowest BCUT2D eigenvalue weighted by Gasteiger charge is -2.43. The molecule has 0 fully saturated rings. The molecule has 0 rings (SSSR count). The molecule has 0 aliphatic rings. The van der Waals surface area contributed by atoms with E-state index < -0.39 is 39.1 Å². The number of hydrogen-bond acceptors (Lipinski definition) is 2. The van der Waals surface area contributed by atoms with Crippen molar-refractivity contribution in [2.24, 2.45) is 5.41 Å². The molecule has 0 heterocycles. The number of rotatable bonds is 4. The lowest BCUT2D eigenvalue weighted by atomic mass is 9.78. The summed E-state index contributed by atoms with van der Waals surface area (Å²) in [5.41, 5.74) is -2.92. The van der Waals surface area contributed by atoms with Crippen LogP contribution < -0.4 is 0 Å². The van der Waals surface area contributed by atoms with Crippen molar-refractivity contribution in [1.29, 1.82) is 0 Å². The van der Waals surface area contributed by atoms with Gasteiger partial charge >= 0.3 is 6.08 Å². The third-order valence-corrected chi connectivity index (χ3v) is 3.76. The minimum atomic E-state index is -4.21. The van der Waals surface area contributed by atoms with Gasteiger partial charge in [-0.15, -0.1) is 0 Å². The van der Waals surface area contributed by atoms with Gasteiger partial charge in [0.25, 0.3) is 5.92 Å². The molecule has 0 bridgehead atoms. The third kappa shape index (κ3) is 2.52. The van der Waals surface area contributed by atoms with Gasteiger partial charge < -0.3 is 4.55 Å². The SMILES string of the molecule is CC(C)(C(F)=C(F)F)C(F)(F)C(C)(C)S(=O)[O-]. The van der Waals surface area contributed by atoms with Crippen LogP contribution >= 0.6 is 0 Å². The largest absolute Gasteiger partial charge is 0.772 e. The molecule has 0 radical (unpaired) electrons. The van der Waals surface area contributed by atoms with E-state index in [0.717, 1.165) is 0 Å². The second kappa shape index (κ2) is 4.64. The van der Waals surface area contributed by atoms with Crippen LogP contribution in [0, 0.1) is 5.41 Å². The van der Waals surface area contributed by atoms with Gasteiger partial charge in [-0.25, -0.2) is 13.2 Å². The molecule has 1 unspecified atom stereocenters. The van der Waals surface area contributed by atoms with Gasteiger partial charge in [-0.05, 0) is 38.8 Å². The zero-order valence-electron chi connectivity index (χ0n) is 9.61. The summed E-state index contributed by atoms with van der Waals surface area (Å²) in [6, 6.07) is 0. The Balaban J connectivity index is 5.78. The van der Waals surface area contributed by atoms with Crippen molar-refractivity contribution in [1.82, 2.24) is 0 Å². The highest BCUT2D eigenvalue weighted by molar-refractivity contribution is 7.80. The fourth-order valence-corrected chi connectivity index (χ4v) is 1.70. The Morgan fingerprint density at radius 3 is 1.65 bits per heavy atom. The molecule has 102 valence electrons. The van der Waals surface area contributed by atoms with E-state index in [0.29, 0.717) is 27.7 Å². The molecule has 0 N–H and O–H groups in total. The van der Waals surface area contributed by atoms with Crippen LogP contribution in [0.4, 0.5) is 22.0 Å². The zero-order valence-corrected chi connectivity index (χ0v) is 10.4. The van der Waals surface area contributed by atoms with Crippen molar-refractivity contribution in [3.05, 3.63) is 11.9 Å². The molecule has 0 aromatic heterocycles. The highest BCUT2D eigenvalue weighted by Gasteiger charge is 2.61.